The maximum atomic E-state index is 12.8. The highest BCUT2D eigenvalue weighted by atomic mass is 35.5. The van der Waals surface area contributed by atoms with Gasteiger partial charge in [-0.15, -0.1) is 28.8 Å². The molecule has 0 aliphatic carbocycles. The number of nitrogens with one attached hydrogen (secondary N) is 1. The molecule has 2 fully saturated rings. The summed E-state index contributed by atoms with van der Waals surface area (Å²) in [5, 5.41) is 13.3. The van der Waals surface area contributed by atoms with Gasteiger partial charge in [-0.05, 0) is 24.3 Å². The first kappa shape index (κ1) is 19.8. The lowest BCUT2D eigenvalue weighted by Gasteiger charge is -2.40. The van der Waals surface area contributed by atoms with Crippen LogP contribution >= 0.6 is 23.7 Å². The van der Waals surface area contributed by atoms with Gasteiger partial charge in [0.05, 0.1) is 19.3 Å². The molecule has 1 N–H and O–H groups in total. The third kappa shape index (κ3) is 4.48. The molecule has 2 aliphatic heterocycles. The molecule has 27 heavy (non-hydrogen) atoms. The summed E-state index contributed by atoms with van der Waals surface area (Å²) in [4.78, 5) is 29.9. The Morgan fingerprint density at radius 3 is 3.04 bits per heavy atom. The lowest BCUT2D eigenvalue weighted by atomic mass is 10.0. The number of rotatable bonds is 4. The van der Waals surface area contributed by atoms with Crippen LogP contribution in [0.3, 0.4) is 0 Å². The molecule has 0 bridgehead atoms. The quantitative estimate of drug-likeness (QED) is 0.807. The topological polar surface area (TPSA) is 83.4 Å². The van der Waals surface area contributed by atoms with Gasteiger partial charge >= 0.3 is 0 Å². The Morgan fingerprint density at radius 2 is 2.26 bits per heavy atom. The SMILES string of the molecule is Cl.O=C(c1cn(Cc2cccs2)nn1)N1CCCC(N2CCNCC2=O)C1. The van der Waals surface area contributed by atoms with Gasteiger partial charge in [-0.1, -0.05) is 11.3 Å². The molecule has 1 unspecified atom stereocenters. The molecular weight excluding hydrogens is 388 g/mol. The van der Waals surface area contributed by atoms with E-state index in [1.54, 1.807) is 22.2 Å². The van der Waals surface area contributed by atoms with Crippen LogP contribution in [0.25, 0.3) is 0 Å². The van der Waals surface area contributed by atoms with E-state index < -0.39 is 0 Å². The molecule has 4 rings (SSSR count). The number of amides is 2. The van der Waals surface area contributed by atoms with Gasteiger partial charge in [0.1, 0.15) is 0 Å². The largest absolute Gasteiger partial charge is 0.336 e. The molecule has 0 aromatic carbocycles. The standard InChI is InChI=1S/C17H22N6O2S.ClH/c24-16-9-18-5-7-23(16)13-3-1-6-21(10-13)17(25)15-12-22(20-19-15)11-14-4-2-8-26-14;/h2,4,8,12-13,18H,1,3,5-7,9-11H2;1H. The first-order valence-electron chi connectivity index (χ1n) is 8.92. The van der Waals surface area contributed by atoms with Gasteiger partial charge in [-0.25, -0.2) is 4.68 Å². The second-order valence-corrected chi connectivity index (χ2v) is 7.72. The number of thiophene rings is 1. The summed E-state index contributed by atoms with van der Waals surface area (Å²) in [5.41, 5.74) is 0.369. The molecule has 2 aliphatic rings. The third-order valence-corrected chi connectivity index (χ3v) is 5.77. The minimum absolute atomic E-state index is 0. The molecule has 0 radical (unpaired) electrons. The van der Waals surface area contributed by atoms with Gasteiger partial charge in [-0.2, -0.15) is 0 Å². The number of carbonyl (C=O) groups excluding carboxylic acids is 2. The molecule has 0 saturated carbocycles. The zero-order chi connectivity index (χ0) is 17.9. The average Bonchev–Trinajstić information content (AvgIpc) is 3.34. The molecule has 1 atom stereocenters. The van der Waals surface area contributed by atoms with E-state index in [0.29, 0.717) is 38.4 Å². The van der Waals surface area contributed by atoms with Gasteiger partial charge in [0, 0.05) is 37.1 Å². The first-order chi connectivity index (χ1) is 12.7. The van der Waals surface area contributed by atoms with Crippen molar-refractivity contribution in [2.45, 2.75) is 25.4 Å². The second kappa shape index (κ2) is 8.81. The van der Waals surface area contributed by atoms with E-state index in [0.717, 1.165) is 19.4 Å². The monoisotopic (exact) mass is 410 g/mol. The van der Waals surface area contributed by atoms with Crippen molar-refractivity contribution < 1.29 is 9.59 Å². The van der Waals surface area contributed by atoms with Gasteiger partial charge < -0.3 is 15.1 Å². The van der Waals surface area contributed by atoms with Crippen LogP contribution in [0.15, 0.2) is 23.7 Å². The van der Waals surface area contributed by atoms with Crippen molar-refractivity contribution in [1.82, 2.24) is 30.1 Å². The number of piperidine rings is 1. The fourth-order valence-corrected chi connectivity index (χ4v) is 4.29. The number of piperazine rings is 1. The van der Waals surface area contributed by atoms with E-state index >= 15 is 0 Å². The molecule has 4 heterocycles. The van der Waals surface area contributed by atoms with Crippen molar-refractivity contribution in [3.8, 4) is 0 Å². The predicted molar refractivity (Wildman–Crippen MR) is 104 cm³/mol. The van der Waals surface area contributed by atoms with E-state index in [2.05, 4.69) is 15.6 Å². The smallest absolute Gasteiger partial charge is 0.276 e. The number of likely N-dealkylation sites (tertiary alicyclic amines) is 1. The summed E-state index contributed by atoms with van der Waals surface area (Å²) in [7, 11) is 0. The van der Waals surface area contributed by atoms with Gasteiger partial charge in [0.15, 0.2) is 5.69 Å². The zero-order valence-electron chi connectivity index (χ0n) is 14.9. The van der Waals surface area contributed by atoms with E-state index in [4.69, 9.17) is 0 Å². The summed E-state index contributed by atoms with van der Waals surface area (Å²) >= 11 is 1.65. The summed E-state index contributed by atoms with van der Waals surface area (Å²) in [5.74, 6) is 0.0205. The van der Waals surface area contributed by atoms with Gasteiger partial charge in [0.2, 0.25) is 5.91 Å². The van der Waals surface area contributed by atoms with Gasteiger partial charge in [0.25, 0.3) is 5.91 Å². The Bertz CT molecular complexity index is 780. The molecule has 0 spiro atoms. The molecular formula is C17H23ClN6O2S. The first-order valence-corrected chi connectivity index (χ1v) is 9.80. The molecule has 2 aromatic rings. The Morgan fingerprint density at radius 1 is 1.37 bits per heavy atom. The van der Waals surface area contributed by atoms with E-state index in [9.17, 15) is 9.59 Å². The fourth-order valence-electron chi connectivity index (χ4n) is 3.60. The summed E-state index contributed by atoms with van der Waals surface area (Å²) < 4.78 is 1.69. The Kier molecular flexibility index (Phi) is 6.46. The van der Waals surface area contributed by atoms with Crippen molar-refractivity contribution in [2.75, 3.05) is 32.7 Å². The average molecular weight is 411 g/mol. The Balaban J connectivity index is 0.00000210. The van der Waals surface area contributed by atoms with Crippen molar-refractivity contribution in [1.29, 1.82) is 0 Å². The number of nitrogens with zero attached hydrogens (tertiary/aromatic N) is 5. The molecule has 2 aromatic heterocycles. The van der Waals surface area contributed by atoms with Crippen LogP contribution in [0.1, 0.15) is 28.2 Å². The summed E-state index contributed by atoms with van der Waals surface area (Å²) in [6.45, 7) is 3.81. The summed E-state index contributed by atoms with van der Waals surface area (Å²) in [6, 6.07) is 4.13. The predicted octanol–water partition coefficient (Wildman–Crippen LogP) is 0.846. The molecule has 2 amide bonds. The highest BCUT2D eigenvalue weighted by Crippen LogP contribution is 2.19. The van der Waals surface area contributed by atoms with E-state index in [-0.39, 0.29) is 30.3 Å². The van der Waals surface area contributed by atoms with Crippen molar-refractivity contribution in [3.63, 3.8) is 0 Å². The number of aromatic nitrogens is 3. The maximum absolute atomic E-state index is 12.8. The van der Waals surface area contributed by atoms with Crippen LogP contribution in [0, 0.1) is 0 Å². The second-order valence-electron chi connectivity index (χ2n) is 6.69. The Labute approximate surface area is 167 Å². The van der Waals surface area contributed by atoms with Crippen LogP contribution in [0.5, 0.6) is 0 Å². The fraction of sp³-hybridized carbons (Fsp3) is 0.529. The lowest BCUT2D eigenvalue weighted by molar-refractivity contribution is -0.135. The number of hydrogen-bond donors (Lipinski definition) is 1. The van der Waals surface area contributed by atoms with E-state index in [1.165, 1.54) is 4.88 Å². The van der Waals surface area contributed by atoms with Crippen LogP contribution in [0.2, 0.25) is 0 Å². The summed E-state index contributed by atoms with van der Waals surface area (Å²) in [6.07, 6.45) is 3.55. The number of hydrogen-bond acceptors (Lipinski definition) is 6. The van der Waals surface area contributed by atoms with Crippen molar-refractivity contribution in [2.24, 2.45) is 0 Å². The van der Waals surface area contributed by atoms with Crippen molar-refractivity contribution >= 4 is 35.6 Å². The van der Waals surface area contributed by atoms with Gasteiger partial charge in [-0.3, -0.25) is 9.59 Å². The normalized spacial score (nSPS) is 20.4. The zero-order valence-corrected chi connectivity index (χ0v) is 16.5. The van der Waals surface area contributed by atoms with Crippen LogP contribution in [-0.2, 0) is 11.3 Å². The molecule has 8 nitrogen and oxygen atoms in total. The highest BCUT2D eigenvalue weighted by molar-refractivity contribution is 7.09. The van der Waals surface area contributed by atoms with Crippen LogP contribution < -0.4 is 5.32 Å². The molecule has 10 heteroatoms. The van der Waals surface area contributed by atoms with Crippen LogP contribution in [-0.4, -0.2) is 75.4 Å². The van der Waals surface area contributed by atoms with E-state index in [1.807, 2.05) is 27.3 Å². The number of carbonyl (C=O) groups is 2. The Hall–Kier alpha value is -1.97. The minimum atomic E-state index is -0.102. The highest BCUT2D eigenvalue weighted by Gasteiger charge is 2.32. The number of halogens is 1. The van der Waals surface area contributed by atoms with Crippen LogP contribution in [0.4, 0.5) is 0 Å². The maximum Gasteiger partial charge on any atom is 0.276 e. The molecule has 146 valence electrons. The minimum Gasteiger partial charge on any atom is -0.336 e. The lowest BCUT2D eigenvalue weighted by Crippen LogP contribution is -2.57. The third-order valence-electron chi connectivity index (χ3n) is 4.91. The van der Waals surface area contributed by atoms with Crippen molar-refractivity contribution in [3.05, 3.63) is 34.3 Å². The molecule has 2 saturated heterocycles.